The molecule has 0 fully saturated rings. The Morgan fingerprint density at radius 2 is 1.55 bits per heavy atom. The van der Waals surface area contributed by atoms with Crippen molar-refractivity contribution in [3.63, 3.8) is 0 Å². The van der Waals surface area contributed by atoms with Crippen LogP contribution in [0.2, 0.25) is 0 Å². The highest BCUT2D eigenvalue weighted by Crippen LogP contribution is 2.34. The van der Waals surface area contributed by atoms with Gasteiger partial charge in [-0.15, -0.1) is 13.2 Å². The van der Waals surface area contributed by atoms with Crippen molar-refractivity contribution in [2.45, 2.75) is 17.4 Å². The van der Waals surface area contributed by atoms with Gasteiger partial charge in [-0.05, 0) is 42.5 Å². The van der Waals surface area contributed by atoms with Gasteiger partial charge in [0.05, 0.1) is 11.4 Å². The van der Waals surface area contributed by atoms with E-state index >= 15 is 0 Å². The summed E-state index contributed by atoms with van der Waals surface area (Å²) in [6.45, 7) is 0. The van der Waals surface area contributed by atoms with Gasteiger partial charge in [-0.1, -0.05) is 0 Å². The molecule has 0 amide bonds. The Balaban J connectivity index is 2.12. The van der Waals surface area contributed by atoms with Crippen LogP contribution in [0.15, 0.2) is 53.4 Å². The number of ether oxygens (including phenoxy) is 1. The van der Waals surface area contributed by atoms with Gasteiger partial charge in [0.1, 0.15) is 16.5 Å². The molecule has 0 bridgehead atoms. The second-order valence-electron chi connectivity index (χ2n) is 6.28. The van der Waals surface area contributed by atoms with Crippen LogP contribution in [0.1, 0.15) is 5.69 Å². The molecule has 0 saturated carbocycles. The van der Waals surface area contributed by atoms with Crippen LogP contribution in [0.3, 0.4) is 0 Å². The van der Waals surface area contributed by atoms with Gasteiger partial charge in [-0.25, -0.2) is 17.5 Å². The standard InChI is InChI=1S/C18H11F7N2O3S/c1-31(28,29)15-7-4-11(8-13(15)19)27-14(9-16(26-27)17(20,21)22)10-2-5-12(6-3-10)30-18(23,24)25/h2-9H,1H3. The summed E-state index contributed by atoms with van der Waals surface area (Å²) in [5, 5.41) is 3.41. The summed E-state index contributed by atoms with van der Waals surface area (Å²) < 4.78 is 118. The molecular weight excluding hydrogens is 457 g/mol. The molecule has 0 spiro atoms. The Labute approximate surface area is 170 Å². The van der Waals surface area contributed by atoms with E-state index < -0.39 is 44.5 Å². The molecule has 31 heavy (non-hydrogen) atoms. The van der Waals surface area contributed by atoms with Crippen molar-refractivity contribution in [1.29, 1.82) is 0 Å². The van der Waals surface area contributed by atoms with Crippen LogP contribution in [0, 0.1) is 5.82 Å². The lowest BCUT2D eigenvalue weighted by Gasteiger charge is -2.11. The van der Waals surface area contributed by atoms with E-state index in [2.05, 4.69) is 9.84 Å². The maximum absolute atomic E-state index is 14.3. The molecule has 0 atom stereocenters. The van der Waals surface area contributed by atoms with E-state index in [1.165, 1.54) is 0 Å². The monoisotopic (exact) mass is 468 g/mol. The molecule has 3 aromatic rings. The van der Waals surface area contributed by atoms with Crippen LogP contribution in [0.5, 0.6) is 5.75 Å². The van der Waals surface area contributed by atoms with Crippen molar-refractivity contribution >= 4 is 9.84 Å². The average Bonchev–Trinajstić information content (AvgIpc) is 3.05. The minimum atomic E-state index is -4.95. The molecule has 166 valence electrons. The third kappa shape index (κ3) is 5.16. The van der Waals surface area contributed by atoms with Crippen molar-refractivity contribution in [1.82, 2.24) is 9.78 Å². The van der Waals surface area contributed by atoms with E-state index in [0.29, 0.717) is 16.8 Å². The lowest BCUT2D eigenvalue weighted by Crippen LogP contribution is -2.16. The lowest BCUT2D eigenvalue weighted by molar-refractivity contribution is -0.274. The van der Waals surface area contributed by atoms with Gasteiger partial charge < -0.3 is 4.74 Å². The lowest BCUT2D eigenvalue weighted by atomic mass is 10.1. The smallest absolute Gasteiger partial charge is 0.406 e. The zero-order valence-corrected chi connectivity index (χ0v) is 16.1. The fourth-order valence-electron chi connectivity index (χ4n) is 2.67. The highest BCUT2D eigenvalue weighted by atomic mass is 32.2. The largest absolute Gasteiger partial charge is 0.573 e. The minimum absolute atomic E-state index is 0.0186. The van der Waals surface area contributed by atoms with Gasteiger partial charge in [0.25, 0.3) is 0 Å². The van der Waals surface area contributed by atoms with Crippen LogP contribution in [0.25, 0.3) is 16.9 Å². The first-order valence-corrected chi connectivity index (χ1v) is 10.1. The first-order valence-electron chi connectivity index (χ1n) is 8.18. The van der Waals surface area contributed by atoms with Gasteiger partial charge in [-0.2, -0.15) is 18.3 Å². The quantitative estimate of drug-likeness (QED) is 0.506. The van der Waals surface area contributed by atoms with Gasteiger partial charge in [-0.3, -0.25) is 0 Å². The summed E-state index contributed by atoms with van der Waals surface area (Å²) in [4.78, 5) is -0.658. The van der Waals surface area contributed by atoms with Crippen molar-refractivity contribution in [3.8, 4) is 22.7 Å². The summed E-state index contributed by atoms with van der Waals surface area (Å²) in [5.41, 5.74) is -1.78. The van der Waals surface area contributed by atoms with E-state index in [0.717, 1.165) is 42.7 Å². The summed E-state index contributed by atoms with van der Waals surface area (Å²) in [7, 11) is -3.92. The molecule has 5 nitrogen and oxygen atoms in total. The first-order chi connectivity index (χ1) is 14.1. The predicted octanol–water partition coefficient (Wildman–Crippen LogP) is 5.00. The normalized spacial score (nSPS) is 12.8. The molecule has 2 aromatic carbocycles. The maximum Gasteiger partial charge on any atom is 0.573 e. The molecule has 1 aromatic heterocycles. The van der Waals surface area contributed by atoms with E-state index in [4.69, 9.17) is 0 Å². The van der Waals surface area contributed by atoms with Crippen LogP contribution in [0.4, 0.5) is 30.7 Å². The molecule has 13 heteroatoms. The van der Waals surface area contributed by atoms with Crippen LogP contribution in [-0.4, -0.2) is 30.8 Å². The van der Waals surface area contributed by atoms with Gasteiger partial charge in [0.2, 0.25) is 0 Å². The van der Waals surface area contributed by atoms with E-state index in [1.54, 1.807) is 0 Å². The van der Waals surface area contributed by atoms with Crippen molar-refractivity contribution in [2.24, 2.45) is 0 Å². The van der Waals surface area contributed by atoms with Gasteiger partial charge in [0.15, 0.2) is 15.5 Å². The molecule has 3 rings (SSSR count). The first kappa shape index (κ1) is 22.6. The SMILES string of the molecule is CS(=O)(=O)c1ccc(-n2nc(C(F)(F)F)cc2-c2ccc(OC(F)(F)F)cc2)cc1F. The van der Waals surface area contributed by atoms with E-state index in [-0.39, 0.29) is 16.9 Å². The molecule has 1 heterocycles. The number of hydrogen-bond donors (Lipinski definition) is 0. The highest BCUT2D eigenvalue weighted by Gasteiger charge is 2.35. The van der Waals surface area contributed by atoms with Crippen molar-refractivity contribution < 1.29 is 43.9 Å². The Morgan fingerprint density at radius 1 is 0.935 bits per heavy atom. The zero-order valence-electron chi connectivity index (χ0n) is 15.3. The zero-order chi connectivity index (χ0) is 23.2. The number of halogens is 7. The van der Waals surface area contributed by atoms with E-state index in [9.17, 15) is 39.2 Å². The van der Waals surface area contributed by atoms with Crippen molar-refractivity contribution in [2.75, 3.05) is 6.26 Å². The van der Waals surface area contributed by atoms with Crippen LogP contribution in [-0.2, 0) is 16.0 Å². The molecular formula is C18H11F7N2O3S. The van der Waals surface area contributed by atoms with Crippen molar-refractivity contribution in [3.05, 3.63) is 60.0 Å². The fourth-order valence-corrected chi connectivity index (χ4v) is 3.40. The predicted molar refractivity (Wildman–Crippen MR) is 93.8 cm³/mol. The summed E-state index contributed by atoms with van der Waals surface area (Å²) in [5.74, 6) is -1.80. The fraction of sp³-hybridized carbons (Fsp3) is 0.167. The third-order valence-electron chi connectivity index (χ3n) is 3.94. The Bertz CT molecular complexity index is 1210. The number of hydrogen-bond acceptors (Lipinski definition) is 4. The number of rotatable bonds is 4. The molecule has 0 aliphatic carbocycles. The molecule has 0 aliphatic heterocycles. The van der Waals surface area contributed by atoms with Gasteiger partial charge in [0, 0.05) is 17.9 Å². The van der Waals surface area contributed by atoms with E-state index in [1.807, 2.05) is 0 Å². The molecule has 0 saturated heterocycles. The molecule has 0 N–H and O–H groups in total. The molecule has 0 aliphatic rings. The molecule has 0 radical (unpaired) electrons. The maximum atomic E-state index is 14.3. The Kier molecular flexibility index (Phi) is 5.50. The second kappa shape index (κ2) is 7.55. The number of alkyl halides is 6. The molecule has 0 unspecified atom stereocenters. The Morgan fingerprint density at radius 3 is 2.03 bits per heavy atom. The number of benzene rings is 2. The van der Waals surface area contributed by atoms with Crippen LogP contribution < -0.4 is 4.74 Å². The summed E-state index contributed by atoms with van der Waals surface area (Å²) in [6, 6.07) is 7.15. The van der Waals surface area contributed by atoms with Crippen LogP contribution >= 0.6 is 0 Å². The topological polar surface area (TPSA) is 61.2 Å². The van der Waals surface area contributed by atoms with Gasteiger partial charge >= 0.3 is 12.5 Å². The Hall–Kier alpha value is -3.09. The second-order valence-corrected chi connectivity index (χ2v) is 8.27. The number of aromatic nitrogens is 2. The number of nitrogens with zero attached hydrogens (tertiary/aromatic N) is 2. The minimum Gasteiger partial charge on any atom is -0.406 e. The third-order valence-corrected chi connectivity index (χ3v) is 5.07. The number of sulfone groups is 1. The highest BCUT2D eigenvalue weighted by molar-refractivity contribution is 7.90. The summed E-state index contributed by atoms with van der Waals surface area (Å²) >= 11 is 0. The summed E-state index contributed by atoms with van der Waals surface area (Å²) in [6.07, 6.45) is -9.06. The average molecular weight is 468 g/mol.